The van der Waals surface area contributed by atoms with E-state index in [2.05, 4.69) is 61.3 Å². The lowest BCUT2D eigenvalue weighted by Gasteiger charge is -2.37. The van der Waals surface area contributed by atoms with Gasteiger partial charge in [0, 0.05) is 23.3 Å². The van der Waals surface area contributed by atoms with Gasteiger partial charge in [0.25, 0.3) is 5.91 Å². The lowest BCUT2D eigenvalue weighted by atomic mass is 9.77. The van der Waals surface area contributed by atoms with Crippen molar-refractivity contribution in [1.82, 2.24) is 30.0 Å². The number of hydrogen-bond donors (Lipinski definition) is 2. The molecule has 10 heteroatoms. The van der Waals surface area contributed by atoms with Crippen molar-refractivity contribution in [3.8, 4) is 11.3 Å². The van der Waals surface area contributed by atoms with Crippen LogP contribution in [0.2, 0.25) is 0 Å². The number of imidazole rings is 1. The minimum absolute atomic E-state index is 0.0758. The van der Waals surface area contributed by atoms with E-state index < -0.39 is 29.2 Å². The van der Waals surface area contributed by atoms with Crippen molar-refractivity contribution in [2.75, 3.05) is 0 Å². The van der Waals surface area contributed by atoms with Gasteiger partial charge in [-0.2, -0.15) is 18.3 Å². The summed E-state index contributed by atoms with van der Waals surface area (Å²) in [6, 6.07) is 42.7. The lowest BCUT2D eigenvalue weighted by Crippen LogP contribution is -2.38. The number of H-pyrrole nitrogens is 1. The van der Waals surface area contributed by atoms with Gasteiger partial charge < -0.3 is 10.3 Å². The van der Waals surface area contributed by atoms with Crippen LogP contribution in [0.15, 0.2) is 152 Å². The molecule has 3 heterocycles. The minimum atomic E-state index is -4.44. The van der Waals surface area contributed by atoms with Crippen molar-refractivity contribution in [1.29, 1.82) is 0 Å². The number of aromatic nitrogens is 5. The standard InChI is InChI=1S/C42H31F3N6O/c1-27(28-17-19-33(20-18-28)42(43,44)45)47-40(52)39-48-35-25-34-37(26-36(35)49-39)51(50-38(34)29-21-23-46-24-22-29)41(30-11-5-2-6-12-30,31-13-7-3-8-14-31)32-15-9-4-10-16-32/h2-27H,1H3,(H,47,52)(H,48,49). The molecule has 5 aromatic carbocycles. The summed E-state index contributed by atoms with van der Waals surface area (Å²) >= 11 is 0. The molecule has 0 aliphatic rings. The van der Waals surface area contributed by atoms with Crippen LogP contribution in [0.4, 0.5) is 13.2 Å². The summed E-state index contributed by atoms with van der Waals surface area (Å²) in [6.07, 6.45) is -0.987. The van der Waals surface area contributed by atoms with Crippen LogP contribution in [0.1, 0.15) is 51.4 Å². The first kappa shape index (κ1) is 32.6. The van der Waals surface area contributed by atoms with Crippen molar-refractivity contribution in [3.63, 3.8) is 0 Å². The van der Waals surface area contributed by atoms with Crippen molar-refractivity contribution < 1.29 is 18.0 Å². The fourth-order valence-corrected chi connectivity index (χ4v) is 6.92. The van der Waals surface area contributed by atoms with Gasteiger partial charge in [0.2, 0.25) is 0 Å². The molecule has 2 N–H and O–H groups in total. The van der Waals surface area contributed by atoms with E-state index in [9.17, 15) is 18.0 Å². The van der Waals surface area contributed by atoms with Gasteiger partial charge in [-0.25, -0.2) is 9.67 Å². The number of fused-ring (bicyclic) bond motifs is 2. The SMILES string of the molecule is CC(NC(=O)c1nc2cc3c(-c4ccncc4)nn(C(c4ccccc4)(c4ccccc4)c4ccccc4)c3cc2[nH]1)c1ccc(C(F)(F)F)cc1. The molecule has 1 atom stereocenters. The number of carbonyl (C=O) groups is 1. The molecular formula is C42H31F3N6O. The third-order valence-corrected chi connectivity index (χ3v) is 9.43. The van der Waals surface area contributed by atoms with Crippen LogP contribution in [0.5, 0.6) is 0 Å². The maximum atomic E-state index is 13.5. The normalized spacial score (nSPS) is 12.6. The molecule has 0 radical (unpaired) electrons. The number of amides is 1. The molecule has 8 rings (SSSR count). The second-order valence-corrected chi connectivity index (χ2v) is 12.6. The monoisotopic (exact) mass is 692 g/mol. The largest absolute Gasteiger partial charge is 0.416 e. The Labute approximate surface area is 296 Å². The van der Waals surface area contributed by atoms with Crippen molar-refractivity contribution >= 4 is 27.8 Å². The molecule has 0 bridgehead atoms. The van der Waals surface area contributed by atoms with Crippen LogP contribution in [0.25, 0.3) is 33.2 Å². The summed E-state index contributed by atoms with van der Waals surface area (Å²) in [4.78, 5) is 25.6. The zero-order valence-corrected chi connectivity index (χ0v) is 27.8. The Morgan fingerprint density at radius 2 is 1.29 bits per heavy atom. The van der Waals surface area contributed by atoms with E-state index in [0.29, 0.717) is 16.6 Å². The van der Waals surface area contributed by atoms with E-state index in [1.807, 2.05) is 78.9 Å². The average Bonchev–Trinajstić information content (AvgIpc) is 3.77. The molecule has 52 heavy (non-hydrogen) atoms. The van der Waals surface area contributed by atoms with E-state index >= 15 is 0 Å². The van der Waals surface area contributed by atoms with Gasteiger partial charge in [0.15, 0.2) is 5.82 Å². The van der Waals surface area contributed by atoms with Gasteiger partial charge in [-0.15, -0.1) is 0 Å². The number of nitrogens with one attached hydrogen (secondary N) is 2. The van der Waals surface area contributed by atoms with Crippen LogP contribution < -0.4 is 5.32 Å². The molecule has 0 aliphatic carbocycles. The molecule has 1 amide bonds. The van der Waals surface area contributed by atoms with Crippen LogP contribution in [0, 0.1) is 0 Å². The summed E-state index contributed by atoms with van der Waals surface area (Å²) in [6.45, 7) is 1.71. The molecule has 0 aliphatic heterocycles. The van der Waals surface area contributed by atoms with Gasteiger partial charge >= 0.3 is 6.18 Å². The lowest BCUT2D eigenvalue weighted by molar-refractivity contribution is -0.137. The predicted molar refractivity (Wildman–Crippen MR) is 195 cm³/mol. The number of carbonyl (C=O) groups excluding carboxylic acids is 1. The Morgan fingerprint density at radius 3 is 1.83 bits per heavy atom. The third kappa shape index (κ3) is 5.68. The molecule has 256 valence electrons. The maximum absolute atomic E-state index is 13.5. The fourth-order valence-electron chi connectivity index (χ4n) is 6.92. The zero-order valence-electron chi connectivity index (χ0n) is 27.8. The number of pyridine rings is 1. The van der Waals surface area contributed by atoms with Crippen LogP contribution in [-0.2, 0) is 11.7 Å². The second kappa shape index (κ2) is 13.0. The summed E-state index contributed by atoms with van der Waals surface area (Å²) in [5.74, 6) is -0.414. The Bertz CT molecular complexity index is 2400. The van der Waals surface area contributed by atoms with Crippen LogP contribution in [0.3, 0.4) is 0 Å². The summed E-state index contributed by atoms with van der Waals surface area (Å²) in [7, 11) is 0. The quantitative estimate of drug-likeness (QED) is 0.155. The van der Waals surface area contributed by atoms with Crippen molar-refractivity contribution in [2.45, 2.75) is 24.7 Å². The number of benzene rings is 5. The van der Waals surface area contributed by atoms with E-state index in [4.69, 9.17) is 5.10 Å². The molecular weight excluding hydrogens is 661 g/mol. The first-order chi connectivity index (χ1) is 25.2. The van der Waals surface area contributed by atoms with Gasteiger partial charge in [-0.1, -0.05) is 103 Å². The minimum Gasteiger partial charge on any atom is -0.343 e. The number of aromatic amines is 1. The van der Waals surface area contributed by atoms with Gasteiger partial charge in [-0.3, -0.25) is 9.78 Å². The average molecular weight is 693 g/mol. The highest BCUT2D eigenvalue weighted by Gasteiger charge is 2.41. The number of nitrogens with zero attached hydrogens (tertiary/aromatic N) is 4. The number of halogens is 3. The van der Waals surface area contributed by atoms with E-state index in [-0.39, 0.29) is 5.82 Å². The first-order valence-electron chi connectivity index (χ1n) is 16.7. The predicted octanol–water partition coefficient (Wildman–Crippen LogP) is 9.32. The molecule has 0 fully saturated rings. The van der Waals surface area contributed by atoms with Gasteiger partial charge in [0.1, 0.15) is 11.2 Å². The topological polar surface area (TPSA) is 88.5 Å². The highest BCUT2D eigenvalue weighted by atomic mass is 19.4. The molecule has 1 unspecified atom stereocenters. The Morgan fingerprint density at radius 1 is 0.731 bits per heavy atom. The van der Waals surface area contributed by atoms with Crippen molar-refractivity contribution in [2.24, 2.45) is 0 Å². The van der Waals surface area contributed by atoms with Crippen LogP contribution in [-0.4, -0.2) is 30.6 Å². The Balaban J connectivity index is 1.31. The van der Waals surface area contributed by atoms with E-state index in [1.54, 1.807) is 19.3 Å². The highest BCUT2D eigenvalue weighted by Crippen LogP contribution is 2.44. The van der Waals surface area contributed by atoms with E-state index in [1.165, 1.54) is 12.1 Å². The van der Waals surface area contributed by atoms with Gasteiger partial charge in [-0.05, 0) is 65.6 Å². The number of alkyl halides is 3. The first-order valence-corrected chi connectivity index (χ1v) is 16.7. The summed E-state index contributed by atoms with van der Waals surface area (Å²) < 4.78 is 41.4. The maximum Gasteiger partial charge on any atom is 0.416 e. The van der Waals surface area contributed by atoms with Crippen LogP contribution >= 0.6 is 0 Å². The molecule has 3 aromatic heterocycles. The van der Waals surface area contributed by atoms with E-state index in [0.717, 1.165) is 51.0 Å². The van der Waals surface area contributed by atoms with Gasteiger partial charge in [0.05, 0.1) is 28.2 Å². The molecule has 8 aromatic rings. The summed E-state index contributed by atoms with van der Waals surface area (Å²) in [5.41, 5.74) is 5.41. The molecule has 0 spiro atoms. The molecule has 7 nitrogen and oxygen atoms in total. The number of hydrogen-bond acceptors (Lipinski definition) is 4. The Kier molecular flexibility index (Phi) is 8.14. The zero-order chi connectivity index (χ0) is 35.9. The summed E-state index contributed by atoms with van der Waals surface area (Å²) in [5, 5.41) is 9.10. The highest BCUT2D eigenvalue weighted by molar-refractivity contribution is 6.03. The Hall–Kier alpha value is -6.55. The third-order valence-electron chi connectivity index (χ3n) is 9.43. The molecule has 0 saturated heterocycles. The van der Waals surface area contributed by atoms with Crippen molar-refractivity contribution in [3.05, 3.63) is 186 Å². The number of rotatable bonds is 8. The molecule has 0 saturated carbocycles. The second-order valence-electron chi connectivity index (χ2n) is 12.6. The smallest absolute Gasteiger partial charge is 0.343 e. The fraction of sp³-hybridized carbons (Fsp3) is 0.0952.